The molecule has 0 spiro atoms. The molecular weight excluding hydrogens is 345 g/mol. The van der Waals surface area contributed by atoms with Gasteiger partial charge < -0.3 is 13.7 Å². The van der Waals surface area contributed by atoms with E-state index >= 15 is 0 Å². The predicted molar refractivity (Wildman–Crippen MR) is 99.3 cm³/mol. The molecule has 2 aromatic carbocycles. The summed E-state index contributed by atoms with van der Waals surface area (Å²) in [6.45, 7) is 0.829. The molecule has 2 heterocycles. The molecule has 5 heteroatoms. The average molecular weight is 363 g/mol. The predicted octanol–water partition coefficient (Wildman–Crippen LogP) is 4.94. The second-order valence-electron chi connectivity index (χ2n) is 6.39. The number of carbonyl (C=O) groups excluding carboxylic acids is 1. The Hall–Kier alpha value is -3.34. The Morgan fingerprint density at radius 1 is 0.963 bits per heavy atom. The highest BCUT2D eigenvalue weighted by atomic mass is 19.1. The van der Waals surface area contributed by atoms with Crippen LogP contribution in [-0.4, -0.2) is 10.8 Å². The highest BCUT2D eigenvalue weighted by Gasteiger charge is 2.19. The van der Waals surface area contributed by atoms with Crippen LogP contribution >= 0.6 is 0 Å². The van der Waals surface area contributed by atoms with Gasteiger partial charge in [0.25, 0.3) is 0 Å². The summed E-state index contributed by atoms with van der Waals surface area (Å²) in [5, 5.41) is 0.626. The number of furan rings is 2. The van der Waals surface area contributed by atoms with Crippen LogP contribution in [0.2, 0.25) is 0 Å². The van der Waals surface area contributed by atoms with Crippen molar-refractivity contribution in [2.45, 2.75) is 19.5 Å². The number of nitrogens with zero attached hydrogens (tertiary/aromatic N) is 1. The lowest BCUT2D eigenvalue weighted by Gasteiger charge is -2.22. The van der Waals surface area contributed by atoms with Gasteiger partial charge in [-0.15, -0.1) is 0 Å². The van der Waals surface area contributed by atoms with Crippen molar-refractivity contribution in [2.75, 3.05) is 0 Å². The molecule has 0 atom stereocenters. The third-order valence-electron chi connectivity index (χ3n) is 4.45. The maximum absolute atomic E-state index is 13.6. The SMILES string of the molecule is O=C(Cc1coc2ccc(F)cc12)N(Cc1ccccc1)Cc1ccco1. The molecule has 0 radical (unpaired) electrons. The van der Waals surface area contributed by atoms with Crippen molar-refractivity contribution in [1.29, 1.82) is 0 Å². The minimum absolute atomic E-state index is 0.0813. The van der Waals surface area contributed by atoms with E-state index in [9.17, 15) is 9.18 Å². The zero-order valence-electron chi connectivity index (χ0n) is 14.6. The first-order chi connectivity index (χ1) is 13.2. The van der Waals surface area contributed by atoms with Gasteiger partial charge in [0.2, 0.25) is 5.91 Å². The summed E-state index contributed by atoms with van der Waals surface area (Å²) in [5.41, 5.74) is 2.27. The van der Waals surface area contributed by atoms with Gasteiger partial charge in [0.05, 0.1) is 25.5 Å². The summed E-state index contributed by atoms with van der Waals surface area (Å²) in [6.07, 6.45) is 3.24. The fourth-order valence-electron chi connectivity index (χ4n) is 3.09. The lowest BCUT2D eigenvalue weighted by atomic mass is 10.1. The van der Waals surface area contributed by atoms with Crippen LogP contribution in [0.1, 0.15) is 16.9 Å². The van der Waals surface area contributed by atoms with Crippen molar-refractivity contribution in [3.05, 3.63) is 95.9 Å². The van der Waals surface area contributed by atoms with Gasteiger partial charge in [-0.1, -0.05) is 30.3 Å². The van der Waals surface area contributed by atoms with Crippen molar-refractivity contribution >= 4 is 16.9 Å². The number of hydrogen-bond acceptors (Lipinski definition) is 3. The topological polar surface area (TPSA) is 46.6 Å². The maximum atomic E-state index is 13.6. The molecule has 1 amide bonds. The van der Waals surface area contributed by atoms with Crippen molar-refractivity contribution < 1.29 is 18.0 Å². The fourth-order valence-corrected chi connectivity index (χ4v) is 3.09. The lowest BCUT2D eigenvalue weighted by molar-refractivity contribution is -0.132. The number of carbonyl (C=O) groups is 1. The monoisotopic (exact) mass is 363 g/mol. The van der Waals surface area contributed by atoms with Crippen LogP contribution in [0.15, 0.2) is 82.0 Å². The molecule has 0 unspecified atom stereocenters. The molecule has 136 valence electrons. The van der Waals surface area contributed by atoms with Gasteiger partial charge in [0.1, 0.15) is 17.2 Å². The van der Waals surface area contributed by atoms with Gasteiger partial charge in [0.15, 0.2) is 0 Å². The van der Waals surface area contributed by atoms with E-state index in [-0.39, 0.29) is 18.1 Å². The summed E-state index contributed by atoms with van der Waals surface area (Å²) in [7, 11) is 0. The second kappa shape index (κ2) is 7.50. The first-order valence-corrected chi connectivity index (χ1v) is 8.69. The molecule has 0 saturated heterocycles. The Bertz CT molecular complexity index is 1040. The summed E-state index contributed by atoms with van der Waals surface area (Å²) in [4.78, 5) is 14.7. The number of amides is 1. The third kappa shape index (κ3) is 3.92. The van der Waals surface area contributed by atoms with E-state index in [1.807, 2.05) is 36.4 Å². The molecule has 2 aromatic heterocycles. The maximum Gasteiger partial charge on any atom is 0.227 e. The fraction of sp³-hybridized carbons (Fsp3) is 0.136. The molecule has 0 bridgehead atoms. The highest BCUT2D eigenvalue weighted by molar-refractivity contribution is 5.87. The Labute approximate surface area is 155 Å². The van der Waals surface area contributed by atoms with Crippen molar-refractivity contribution in [2.24, 2.45) is 0 Å². The summed E-state index contributed by atoms with van der Waals surface area (Å²) in [6, 6.07) is 17.7. The van der Waals surface area contributed by atoms with Crippen molar-refractivity contribution in [1.82, 2.24) is 4.90 Å². The number of hydrogen-bond donors (Lipinski definition) is 0. The molecule has 4 rings (SSSR count). The molecule has 0 aliphatic carbocycles. The van der Waals surface area contributed by atoms with Crippen molar-refractivity contribution in [3.63, 3.8) is 0 Å². The summed E-state index contributed by atoms with van der Waals surface area (Å²) >= 11 is 0. The number of halogens is 1. The zero-order valence-corrected chi connectivity index (χ0v) is 14.6. The van der Waals surface area contributed by atoms with E-state index in [1.165, 1.54) is 18.4 Å². The van der Waals surface area contributed by atoms with E-state index < -0.39 is 0 Å². The summed E-state index contributed by atoms with van der Waals surface area (Å²) < 4.78 is 24.4. The Kier molecular flexibility index (Phi) is 4.75. The van der Waals surface area contributed by atoms with Crippen LogP contribution in [-0.2, 0) is 24.3 Å². The average Bonchev–Trinajstić information content (AvgIpc) is 3.32. The van der Waals surface area contributed by atoms with Crippen LogP contribution in [0.5, 0.6) is 0 Å². The molecule has 0 N–H and O–H groups in total. The molecule has 0 saturated carbocycles. The van der Waals surface area contributed by atoms with E-state index in [4.69, 9.17) is 8.83 Å². The van der Waals surface area contributed by atoms with Gasteiger partial charge in [0, 0.05) is 17.5 Å². The van der Waals surface area contributed by atoms with Gasteiger partial charge in [-0.25, -0.2) is 4.39 Å². The van der Waals surface area contributed by atoms with Gasteiger partial charge in [-0.2, -0.15) is 0 Å². The van der Waals surface area contributed by atoms with E-state index in [2.05, 4.69) is 0 Å². The first kappa shape index (κ1) is 17.1. The normalized spacial score (nSPS) is 11.0. The second-order valence-corrected chi connectivity index (χ2v) is 6.39. The largest absolute Gasteiger partial charge is 0.467 e. The lowest BCUT2D eigenvalue weighted by Crippen LogP contribution is -2.31. The molecular formula is C22H18FNO3. The van der Waals surface area contributed by atoms with E-state index in [0.717, 1.165) is 5.56 Å². The Morgan fingerprint density at radius 3 is 2.59 bits per heavy atom. The number of benzene rings is 2. The summed E-state index contributed by atoms with van der Waals surface area (Å²) in [5.74, 6) is 0.277. The van der Waals surface area contributed by atoms with Crippen LogP contribution in [0.4, 0.5) is 4.39 Å². The highest BCUT2D eigenvalue weighted by Crippen LogP contribution is 2.23. The molecule has 0 aliphatic rings. The number of fused-ring (bicyclic) bond motifs is 1. The van der Waals surface area contributed by atoms with Gasteiger partial charge >= 0.3 is 0 Å². The van der Waals surface area contributed by atoms with Gasteiger partial charge in [-0.3, -0.25) is 4.79 Å². The number of rotatable bonds is 6. The van der Waals surface area contributed by atoms with Crippen molar-refractivity contribution in [3.8, 4) is 0 Å². The standard InChI is InChI=1S/C22H18FNO3/c23-18-8-9-21-20(12-18)17(15-27-21)11-22(25)24(14-19-7-4-10-26-19)13-16-5-2-1-3-6-16/h1-10,12,15H,11,13-14H2. The smallest absolute Gasteiger partial charge is 0.227 e. The van der Waals surface area contributed by atoms with Crippen LogP contribution < -0.4 is 0 Å². The van der Waals surface area contributed by atoms with Gasteiger partial charge in [-0.05, 0) is 35.9 Å². The molecule has 4 aromatic rings. The van der Waals surface area contributed by atoms with Crippen LogP contribution in [0.25, 0.3) is 11.0 Å². The Morgan fingerprint density at radius 2 is 1.81 bits per heavy atom. The molecule has 0 aliphatic heterocycles. The molecule has 4 nitrogen and oxygen atoms in total. The minimum Gasteiger partial charge on any atom is -0.467 e. The molecule has 27 heavy (non-hydrogen) atoms. The van der Waals surface area contributed by atoms with Crippen LogP contribution in [0.3, 0.4) is 0 Å². The van der Waals surface area contributed by atoms with E-state index in [0.29, 0.717) is 35.4 Å². The first-order valence-electron chi connectivity index (χ1n) is 8.69. The van der Waals surface area contributed by atoms with Crippen LogP contribution in [0, 0.1) is 5.82 Å². The zero-order chi connectivity index (χ0) is 18.6. The minimum atomic E-state index is -0.352. The third-order valence-corrected chi connectivity index (χ3v) is 4.45. The quantitative estimate of drug-likeness (QED) is 0.488. The Balaban J connectivity index is 1.58. The molecule has 0 fully saturated rings. The van der Waals surface area contributed by atoms with E-state index in [1.54, 1.807) is 23.3 Å².